The van der Waals surface area contributed by atoms with Crippen molar-refractivity contribution in [1.29, 1.82) is 0 Å². The summed E-state index contributed by atoms with van der Waals surface area (Å²) in [6.45, 7) is 0. The topological polar surface area (TPSA) is 94.3 Å². The van der Waals surface area contributed by atoms with Crippen LogP contribution in [-0.2, 0) is 11.8 Å². The van der Waals surface area contributed by atoms with E-state index in [0.717, 1.165) is 11.7 Å². The molecule has 2 heterocycles. The minimum Gasteiger partial charge on any atom is -0.506 e. The van der Waals surface area contributed by atoms with Gasteiger partial charge in [-0.05, 0) is 6.07 Å². The second-order valence-corrected chi connectivity index (χ2v) is 3.87. The van der Waals surface area contributed by atoms with Crippen LogP contribution in [0.25, 0.3) is 11.0 Å². The lowest BCUT2D eigenvalue weighted by molar-refractivity contribution is 0.0595. The molecule has 0 saturated heterocycles. The van der Waals surface area contributed by atoms with Gasteiger partial charge in [-0.1, -0.05) is 11.6 Å². The summed E-state index contributed by atoms with van der Waals surface area (Å²) in [6, 6.07) is 1.31. The van der Waals surface area contributed by atoms with E-state index in [1.165, 1.54) is 13.1 Å². The van der Waals surface area contributed by atoms with Crippen molar-refractivity contribution >= 4 is 28.6 Å². The number of esters is 1. The van der Waals surface area contributed by atoms with Gasteiger partial charge in [0.2, 0.25) is 0 Å². The second-order valence-electron chi connectivity index (χ2n) is 3.48. The number of carbonyl (C=O) groups excluding carboxylic acids is 1. The number of aromatic nitrogens is 3. The van der Waals surface area contributed by atoms with Crippen molar-refractivity contribution in [3.63, 3.8) is 0 Å². The first kappa shape index (κ1) is 12.3. The van der Waals surface area contributed by atoms with Gasteiger partial charge in [0.15, 0.2) is 16.4 Å². The first-order valence-electron chi connectivity index (χ1n) is 4.80. The zero-order valence-corrected chi connectivity index (χ0v) is 10.2. The van der Waals surface area contributed by atoms with Gasteiger partial charge in [0.25, 0.3) is 5.56 Å². The van der Waals surface area contributed by atoms with Gasteiger partial charge in [-0.2, -0.15) is 0 Å². The van der Waals surface area contributed by atoms with Crippen molar-refractivity contribution in [3.05, 3.63) is 27.1 Å². The third-order valence-electron chi connectivity index (χ3n) is 2.46. The number of nitrogens with zero attached hydrogens (tertiary/aromatic N) is 3. The van der Waals surface area contributed by atoms with E-state index in [9.17, 15) is 14.7 Å². The van der Waals surface area contributed by atoms with Crippen LogP contribution >= 0.6 is 11.6 Å². The fourth-order valence-electron chi connectivity index (χ4n) is 1.57. The van der Waals surface area contributed by atoms with Crippen LogP contribution in [0.3, 0.4) is 0 Å². The summed E-state index contributed by atoms with van der Waals surface area (Å²) in [7, 11) is 2.52. The summed E-state index contributed by atoms with van der Waals surface area (Å²) in [6.07, 6.45) is 0. The Morgan fingerprint density at radius 1 is 1.50 bits per heavy atom. The summed E-state index contributed by atoms with van der Waals surface area (Å²) in [5, 5.41) is 17.4. The predicted molar refractivity (Wildman–Crippen MR) is 62.8 cm³/mol. The summed E-state index contributed by atoms with van der Waals surface area (Å²) in [5.41, 5.74) is -1.06. The van der Waals surface area contributed by atoms with Crippen molar-refractivity contribution in [3.8, 4) is 5.75 Å². The van der Waals surface area contributed by atoms with Gasteiger partial charge in [0, 0.05) is 7.05 Å². The minimum absolute atomic E-state index is 0.0345. The second kappa shape index (κ2) is 4.26. The van der Waals surface area contributed by atoms with Gasteiger partial charge in [0.05, 0.1) is 12.5 Å². The molecule has 0 saturated carbocycles. The van der Waals surface area contributed by atoms with E-state index >= 15 is 0 Å². The van der Waals surface area contributed by atoms with E-state index in [4.69, 9.17) is 11.6 Å². The van der Waals surface area contributed by atoms with Gasteiger partial charge < -0.3 is 9.84 Å². The third-order valence-corrected chi connectivity index (χ3v) is 2.65. The smallest absolute Gasteiger partial charge is 0.347 e. The number of aromatic hydroxyl groups is 1. The lowest BCUT2D eigenvalue weighted by Gasteiger charge is -2.09. The van der Waals surface area contributed by atoms with E-state index in [-0.39, 0.29) is 16.2 Å². The van der Waals surface area contributed by atoms with Crippen LogP contribution in [0.5, 0.6) is 5.75 Å². The Labute approximate surface area is 106 Å². The van der Waals surface area contributed by atoms with Gasteiger partial charge >= 0.3 is 5.97 Å². The molecule has 1 N–H and O–H groups in total. The number of pyridine rings is 1. The molecule has 0 amide bonds. The highest BCUT2D eigenvalue weighted by Crippen LogP contribution is 2.26. The number of rotatable bonds is 1. The Bertz CT molecular complexity index is 710. The van der Waals surface area contributed by atoms with Crippen molar-refractivity contribution in [2.24, 2.45) is 7.05 Å². The highest BCUT2D eigenvalue weighted by molar-refractivity contribution is 6.30. The van der Waals surface area contributed by atoms with Gasteiger partial charge in [-0.25, -0.2) is 4.79 Å². The van der Waals surface area contributed by atoms with E-state index in [2.05, 4.69) is 14.9 Å². The van der Waals surface area contributed by atoms with Gasteiger partial charge in [-0.15, -0.1) is 10.2 Å². The van der Waals surface area contributed by atoms with Crippen molar-refractivity contribution in [2.45, 2.75) is 0 Å². The Morgan fingerprint density at radius 2 is 2.17 bits per heavy atom. The number of hydrogen-bond donors (Lipinski definition) is 1. The molecule has 2 aromatic rings. The number of aryl methyl sites for hydroxylation is 1. The number of ether oxygens (including phenoxy) is 1. The van der Waals surface area contributed by atoms with E-state index in [1.807, 2.05) is 0 Å². The maximum Gasteiger partial charge on any atom is 0.347 e. The standard InChI is InChI=1S/C10H8ClN3O4/c1-14-8-4(3-5(11)12-13-8)7(15)6(9(14)16)10(17)18-2/h3,15H,1-2H3. The van der Waals surface area contributed by atoms with Crippen LogP contribution in [0.15, 0.2) is 10.9 Å². The highest BCUT2D eigenvalue weighted by Gasteiger charge is 2.22. The molecule has 0 aromatic carbocycles. The van der Waals surface area contributed by atoms with Crippen LogP contribution in [-0.4, -0.2) is 33.0 Å². The Kier molecular flexibility index (Phi) is 2.92. The van der Waals surface area contributed by atoms with Crippen LogP contribution in [0.2, 0.25) is 5.15 Å². The first-order chi connectivity index (χ1) is 8.47. The van der Waals surface area contributed by atoms with Crippen LogP contribution < -0.4 is 5.56 Å². The first-order valence-corrected chi connectivity index (χ1v) is 5.18. The SMILES string of the molecule is COC(=O)c1c(O)c2cc(Cl)nnc2n(C)c1=O. The summed E-state index contributed by atoms with van der Waals surface area (Å²) < 4.78 is 5.54. The molecular formula is C10H8ClN3O4. The molecule has 94 valence electrons. The predicted octanol–water partition coefficient (Wildman–Crippen LogP) is 0.474. The Hall–Kier alpha value is -2.15. The zero-order valence-electron chi connectivity index (χ0n) is 9.47. The van der Waals surface area contributed by atoms with Crippen LogP contribution in [0.1, 0.15) is 10.4 Å². The molecular weight excluding hydrogens is 262 g/mol. The van der Waals surface area contributed by atoms with Gasteiger partial charge in [0.1, 0.15) is 5.75 Å². The summed E-state index contributed by atoms with van der Waals surface area (Å²) >= 11 is 5.66. The van der Waals surface area contributed by atoms with Crippen LogP contribution in [0, 0.1) is 0 Å². The van der Waals surface area contributed by atoms with E-state index in [0.29, 0.717) is 0 Å². The van der Waals surface area contributed by atoms with Crippen molar-refractivity contribution < 1.29 is 14.6 Å². The summed E-state index contributed by atoms with van der Waals surface area (Å²) in [4.78, 5) is 23.4. The monoisotopic (exact) mass is 269 g/mol. The molecule has 7 nitrogen and oxygen atoms in total. The van der Waals surface area contributed by atoms with Crippen LogP contribution in [0.4, 0.5) is 0 Å². The molecule has 0 fully saturated rings. The number of carbonyl (C=O) groups is 1. The Morgan fingerprint density at radius 3 is 2.78 bits per heavy atom. The normalized spacial score (nSPS) is 10.6. The number of fused-ring (bicyclic) bond motifs is 1. The van der Waals surface area contributed by atoms with Crippen molar-refractivity contribution in [2.75, 3.05) is 7.11 Å². The lowest BCUT2D eigenvalue weighted by Crippen LogP contribution is -2.26. The summed E-state index contributed by atoms with van der Waals surface area (Å²) in [5.74, 6) is -1.44. The third kappa shape index (κ3) is 1.68. The molecule has 18 heavy (non-hydrogen) atoms. The molecule has 8 heteroatoms. The fraction of sp³-hybridized carbons (Fsp3) is 0.200. The van der Waals surface area contributed by atoms with E-state index < -0.39 is 22.8 Å². The zero-order chi connectivity index (χ0) is 13.4. The average molecular weight is 270 g/mol. The highest BCUT2D eigenvalue weighted by atomic mass is 35.5. The lowest BCUT2D eigenvalue weighted by atomic mass is 10.2. The molecule has 0 spiro atoms. The maximum absolute atomic E-state index is 11.9. The molecule has 0 bridgehead atoms. The number of hydrogen-bond acceptors (Lipinski definition) is 6. The quantitative estimate of drug-likeness (QED) is 0.757. The molecule has 0 radical (unpaired) electrons. The molecule has 0 unspecified atom stereocenters. The fourth-order valence-corrected chi connectivity index (χ4v) is 1.72. The molecule has 0 aliphatic heterocycles. The van der Waals surface area contributed by atoms with E-state index in [1.54, 1.807) is 0 Å². The molecule has 2 aromatic heterocycles. The minimum atomic E-state index is -0.928. The Balaban J connectivity index is 2.98. The number of methoxy groups -OCH3 is 1. The molecule has 0 aliphatic rings. The number of halogens is 1. The average Bonchev–Trinajstić information content (AvgIpc) is 2.36. The van der Waals surface area contributed by atoms with Crippen molar-refractivity contribution in [1.82, 2.24) is 14.8 Å². The van der Waals surface area contributed by atoms with Gasteiger partial charge in [-0.3, -0.25) is 9.36 Å². The molecule has 0 atom stereocenters. The molecule has 0 aliphatic carbocycles. The maximum atomic E-state index is 11.9. The largest absolute Gasteiger partial charge is 0.506 e. The molecule has 2 rings (SSSR count).